The fraction of sp³-hybridized carbons (Fsp3) is 0.0667. The maximum Gasteiger partial charge on any atom is 0.272 e. The fourth-order valence-electron chi connectivity index (χ4n) is 2.05. The summed E-state index contributed by atoms with van der Waals surface area (Å²) in [5, 5.41) is 0. The van der Waals surface area contributed by atoms with Crippen LogP contribution in [0.5, 0.6) is 0 Å². The van der Waals surface area contributed by atoms with Crippen LogP contribution >= 0.6 is 11.0 Å². The molecule has 0 saturated carbocycles. The summed E-state index contributed by atoms with van der Waals surface area (Å²) in [6, 6.07) is 16.0. The number of fused-ring (bicyclic) bond motifs is 1. The Morgan fingerprint density at radius 2 is 1.38 bits per heavy atom. The quantitative estimate of drug-likeness (QED) is 0.494. The normalized spacial score (nSPS) is 15.1. The third kappa shape index (κ3) is 2.77. The van der Waals surface area contributed by atoms with Gasteiger partial charge >= 0.3 is 0 Å². The molecule has 1 aliphatic rings. The van der Waals surface area contributed by atoms with E-state index in [1.54, 1.807) is 24.3 Å². The maximum atomic E-state index is 12.1. The Labute approximate surface area is 128 Å². The van der Waals surface area contributed by atoms with E-state index in [1.807, 2.05) is 30.3 Å². The lowest BCUT2D eigenvalue weighted by molar-refractivity contribution is 0.0778. The number of hydrogen-bond donors (Lipinski definition) is 0. The summed E-state index contributed by atoms with van der Waals surface area (Å²) in [6.45, 7) is 0. The van der Waals surface area contributed by atoms with Crippen molar-refractivity contribution in [1.82, 2.24) is 4.31 Å². The van der Waals surface area contributed by atoms with Gasteiger partial charge in [-0.15, -0.1) is 0 Å². The van der Waals surface area contributed by atoms with E-state index in [0.29, 0.717) is 16.9 Å². The highest BCUT2D eigenvalue weighted by atomic mass is 33.1. The fourth-order valence-corrected chi connectivity index (χ4v) is 4.54. The summed E-state index contributed by atoms with van der Waals surface area (Å²) in [5.41, 5.74) is 1.64. The van der Waals surface area contributed by atoms with Gasteiger partial charge in [-0.2, -0.15) is 0 Å². The zero-order valence-electron chi connectivity index (χ0n) is 10.9. The predicted molar refractivity (Wildman–Crippen MR) is 82.8 cm³/mol. The van der Waals surface area contributed by atoms with Crippen LogP contribution in [0.1, 0.15) is 26.3 Å². The van der Waals surface area contributed by atoms with Gasteiger partial charge in [-0.25, -0.2) is 8.51 Å². The van der Waals surface area contributed by atoms with Crippen molar-refractivity contribution in [2.45, 2.75) is 5.75 Å². The first kappa shape index (κ1) is 14.0. The lowest BCUT2D eigenvalue weighted by Crippen LogP contribution is -2.23. The van der Waals surface area contributed by atoms with Gasteiger partial charge in [0.1, 0.15) is 9.83 Å². The molecule has 1 heterocycles. The molecule has 0 fully saturated rings. The molecule has 21 heavy (non-hydrogen) atoms. The van der Waals surface area contributed by atoms with Crippen LogP contribution in [0.25, 0.3) is 0 Å². The number of carbonyl (C=O) groups is 2. The molecule has 0 N–H and O–H groups in total. The van der Waals surface area contributed by atoms with Crippen LogP contribution in [0.2, 0.25) is 0 Å². The summed E-state index contributed by atoms with van der Waals surface area (Å²) in [7, 11) is -0.608. The van der Waals surface area contributed by atoms with Gasteiger partial charge in [0.15, 0.2) is 0 Å². The van der Waals surface area contributed by atoms with Crippen molar-refractivity contribution in [2.24, 2.45) is 0 Å². The number of nitrogens with zero attached hydrogens (tertiary/aromatic N) is 1. The molecule has 1 atom stereocenters. The second-order valence-corrected chi connectivity index (χ2v) is 7.43. The molecule has 0 radical (unpaired) electrons. The van der Waals surface area contributed by atoms with Crippen LogP contribution in [0, 0.1) is 0 Å². The molecule has 0 bridgehead atoms. The van der Waals surface area contributed by atoms with Crippen LogP contribution in [0.3, 0.4) is 0 Å². The van der Waals surface area contributed by atoms with Gasteiger partial charge in [-0.3, -0.25) is 9.59 Å². The smallest absolute Gasteiger partial charge is 0.268 e. The third-order valence-electron chi connectivity index (χ3n) is 3.04. The molecule has 106 valence electrons. The minimum Gasteiger partial charge on any atom is -0.268 e. The van der Waals surface area contributed by atoms with Crippen molar-refractivity contribution in [1.29, 1.82) is 0 Å². The van der Waals surface area contributed by atoms with E-state index in [2.05, 4.69) is 0 Å². The van der Waals surface area contributed by atoms with Crippen molar-refractivity contribution in [3.05, 3.63) is 71.3 Å². The predicted octanol–water partition coefficient (Wildman–Crippen LogP) is 2.79. The van der Waals surface area contributed by atoms with Gasteiger partial charge in [0.25, 0.3) is 11.8 Å². The molecule has 0 aliphatic carbocycles. The van der Waals surface area contributed by atoms with Gasteiger partial charge in [-0.05, 0) is 17.7 Å². The SMILES string of the molecule is O=C1c2ccccc2C(=O)N1SS(=O)Cc1ccccc1. The summed E-state index contributed by atoms with van der Waals surface area (Å²) in [6.07, 6.45) is 0. The molecule has 2 aromatic rings. The van der Waals surface area contributed by atoms with Crippen LogP contribution in [-0.2, 0) is 15.6 Å². The second-order valence-electron chi connectivity index (χ2n) is 4.46. The summed E-state index contributed by atoms with van der Waals surface area (Å²) >= 11 is 0. The van der Waals surface area contributed by atoms with E-state index in [4.69, 9.17) is 0 Å². The Kier molecular flexibility index (Phi) is 3.90. The van der Waals surface area contributed by atoms with Gasteiger partial charge in [0, 0.05) is 0 Å². The van der Waals surface area contributed by atoms with E-state index in [-0.39, 0.29) is 0 Å². The molecular formula is C15H11NO3S2. The van der Waals surface area contributed by atoms with Gasteiger partial charge in [0.05, 0.1) is 27.9 Å². The Balaban J connectivity index is 1.73. The van der Waals surface area contributed by atoms with Crippen molar-refractivity contribution in [2.75, 3.05) is 0 Å². The van der Waals surface area contributed by atoms with E-state index in [9.17, 15) is 13.8 Å². The monoisotopic (exact) mass is 317 g/mol. The summed E-state index contributed by atoms with van der Waals surface area (Å²) in [5.74, 6) is -0.511. The molecule has 3 rings (SSSR count). The number of benzene rings is 2. The minimum absolute atomic E-state index is 0.291. The number of rotatable bonds is 4. The average molecular weight is 317 g/mol. The Bertz CT molecular complexity index is 696. The Morgan fingerprint density at radius 1 is 0.857 bits per heavy atom. The van der Waals surface area contributed by atoms with Gasteiger partial charge in [-0.1, -0.05) is 42.5 Å². The van der Waals surface area contributed by atoms with Crippen LogP contribution in [0.15, 0.2) is 54.6 Å². The van der Waals surface area contributed by atoms with E-state index in [1.165, 1.54) is 0 Å². The van der Waals surface area contributed by atoms with E-state index >= 15 is 0 Å². The minimum atomic E-state index is -1.39. The number of hydrogen-bond acceptors (Lipinski definition) is 4. The third-order valence-corrected chi connectivity index (χ3v) is 5.56. The molecule has 1 unspecified atom stereocenters. The molecule has 2 aromatic carbocycles. The van der Waals surface area contributed by atoms with Crippen LogP contribution in [0.4, 0.5) is 0 Å². The number of carbonyl (C=O) groups excluding carboxylic acids is 2. The maximum absolute atomic E-state index is 12.1. The lowest BCUT2D eigenvalue weighted by Gasteiger charge is -2.11. The highest BCUT2D eigenvalue weighted by molar-refractivity contribution is 8.68. The highest BCUT2D eigenvalue weighted by Crippen LogP contribution is 2.30. The first-order chi connectivity index (χ1) is 10.2. The zero-order valence-corrected chi connectivity index (χ0v) is 12.5. The van der Waals surface area contributed by atoms with Crippen LogP contribution < -0.4 is 0 Å². The summed E-state index contributed by atoms with van der Waals surface area (Å²) < 4.78 is 13.1. The van der Waals surface area contributed by atoms with Crippen molar-refractivity contribution in [3.8, 4) is 0 Å². The molecule has 1 aliphatic heterocycles. The van der Waals surface area contributed by atoms with E-state index in [0.717, 1.165) is 20.8 Å². The van der Waals surface area contributed by atoms with Gasteiger partial charge in [0.2, 0.25) is 0 Å². The van der Waals surface area contributed by atoms with Gasteiger partial charge < -0.3 is 0 Å². The Hall–Kier alpha value is -1.92. The molecule has 0 spiro atoms. The zero-order chi connectivity index (χ0) is 14.8. The molecule has 0 aromatic heterocycles. The number of imide groups is 1. The molecule has 6 heteroatoms. The lowest BCUT2D eigenvalue weighted by atomic mass is 10.1. The first-order valence-electron chi connectivity index (χ1n) is 6.25. The largest absolute Gasteiger partial charge is 0.272 e. The highest BCUT2D eigenvalue weighted by Gasteiger charge is 2.37. The molecule has 2 amide bonds. The average Bonchev–Trinajstić information content (AvgIpc) is 2.74. The van der Waals surface area contributed by atoms with Crippen molar-refractivity contribution >= 4 is 32.6 Å². The summed E-state index contributed by atoms with van der Waals surface area (Å²) in [4.78, 5) is 24.3. The topological polar surface area (TPSA) is 54.5 Å². The van der Waals surface area contributed by atoms with E-state index < -0.39 is 21.6 Å². The first-order valence-corrected chi connectivity index (χ1v) is 8.86. The molecule has 4 nitrogen and oxygen atoms in total. The Morgan fingerprint density at radius 3 is 1.95 bits per heavy atom. The second kappa shape index (κ2) is 5.83. The van der Waals surface area contributed by atoms with Crippen molar-refractivity contribution in [3.63, 3.8) is 0 Å². The number of amides is 2. The molecular weight excluding hydrogens is 306 g/mol. The van der Waals surface area contributed by atoms with Crippen molar-refractivity contribution < 1.29 is 13.8 Å². The molecule has 0 saturated heterocycles. The van der Waals surface area contributed by atoms with Crippen LogP contribution in [-0.4, -0.2) is 20.3 Å². The standard InChI is InChI=1S/C15H11NO3S2/c17-14-12-8-4-5-9-13(12)15(18)16(14)20-21(19)10-11-6-2-1-3-7-11/h1-9H,10H2.